The van der Waals surface area contributed by atoms with Crippen LogP contribution >= 0.6 is 11.6 Å². The van der Waals surface area contributed by atoms with Gasteiger partial charge in [0.15, 0.2) is 0 Å². The lowest BCUT2D eigenvalue weighted by Crippen LogP contribution is -2.14. The number of carboxylic acids is 1. The van der Waals surface area contributed by atoms with E-state index in [1.54, 1.807) is 6.92 Å². The quantitative estimate of drug-likeness (QED) is 0.643. The average Bonchev–Trinajstić information content (AvgIpc) is 2.36. The van der Waals surface area contributed by atoms with E-state index in [1.165, 1.54) is 18.2 Å². The molecule has 0 spiro atoms. The van der Waals surface area contributed by atoms with Crippen LogP contribution in [-0.2, 0) is 4.79 Å². The number of aromatic carboxylic acids is 1. The molecule has 0 fully saturated rings. The van der Waals surface area contributed by atoms with Crippen molar-refractivity contribution in [1.82, 2.24) is 0 Å². The van der Waals surface area contributed by atoms with E-state index in [2.05, 4.69) is 17.2 Å². The minimum Gasteiger partial charge on any atom is -0.478 e. The van der Waals surface area contributed by atoms with Gasteiger partial charge < -0.3 is 10.4 Å². The van der Waals surface area contributed by atoms with E-state index in [0.29, 0.717) is 24.3 Å². The monoisotopic (exact) mass is 279 g/mol. The van der Waals surface area contributed by atoms with Gasteiger partial charge >= 0.3 is 5.97 Å². The predicted molar refractivity (Wildman–Crippen MR) is 74.3 cm³/mol. The smallest absolute Gasteiger partial charge is 0.337 e. The van der Waals surface area contributed by atoms with Crippen LogP contribution in [0.5, 0.6) is 0 Å². The highest BCUT2D eigenvalue weighted by molar-refractivity contribution is 6.31. The summed E-state index contributed by atoms with van der Waals surface area (Å²) in [5.74, 6) is 4.25. The molecule has 1 rings (SSSR count). The molecule has 5 heteroatoms. The summed E-state index contributed by atoms with van der Waals surface area (Å²) in [6, 6.07) is 4.32. The number of carbonyl (C=O) groups is 2. The molecule has 0 radical (unpaired) electrons. The zero-order chi connectivity index (χ0) is 14.3. The topological polar surface area (TPSA) is 66.4 Å². The van der Waals surface area contributed by atoms with Gasteiger partial charge in [0, 0.05) is 17.9 Å². The van der Waals surface area contributed by atoms with Crippen LogP contribution in [0, 0.1) is 11.8 Å². The SMILES string of the molecule is CC#CCCCC(=O)Nc1ccc(Cl)cc1C(=O)O. The van der Waals surface area contributed by atoms with Gasteiger partial charge in [0.1, 0.15) is 0 Å². The Hall–Kier alpha value is -1.99. The number of unbranched alkanes of at least 4 members (excludes halogenated alkanes) is 1. The number of halogens is 1. The Bertz CT molecular complexity index is 543. The van der Waals surface area contributed by atoms with Crippen molar-refractivity contribution in [3.63, 3.8) is 0 Å². The maximum atomic E-state index is 11.7. The Labute approximate surface area is 116 Å². The van der Waals surface area contributed by atoms with Crippen LogP contribution < -0.4 is 5.32 Å². The van der Waals surface area contributed by atoms with Crippen LogP contribution in [0.4, 0.5) is 5.69 Å². The van der Waals surface area contributed by atoms with Gasteiger partial charge in [-0.25, -0.2) is 4.79 Å². The molecular formula is C14H14ClNO3. The number of hydrogen-bond acceptors (Lipinski definition) is 2. The van der Waals surface area contributed by atoms with Gasteiger partial charge in [0.05, 0.1) is 11.3 Å². The van der Waals surface area contributed by atoms with Gasteiger partial charge in [-0.3, -0.25) is 4.79 Å². The van der Waals surface area contributed by atoms with Crippen molar-refractivity contribution >= 4 is 29.2 Å². The second-order valence-corrected chi connectivity index (χ2v) is 4.26. The third-order valence-electron chi connectivity index (χ3n) is 2.37. The summed E-state index contributed by atoms with van der Waals surface area (Å²) in [5, 5.41) is 11.9. The van der Waals surface area contributed by atoms with Gasteiger partial charge in [-0.15, -0.1) is 11.8 Å². The first-order valence-corrected chi connectivity index (χ1v) is 6.14. The standard InChI is InChI=1S/C14H14ClNO3/c1-2-3-4-5-6-13(17)16-12-8-7-10(15)9-11(12)14(18)19/h7-9H,4-6H2,1H3,(H,16,17)(H,18,19). The summed E-state index contributed by atoms with van der Waals surface area (Å²) in [4.78, 5) is 22.7. The number of hydrogen-bond donors (Lipinski definition) is 2. The van der Waals surface area contributed by atoms with Crippen LogP contribution in [0.1, 0.15) is 36.5 Å². The zero-order valence-corrected chi connectivity index (χ0v) is 11.3. The van der Waals surface area contributed by atoms with E-state index >= 15 is 0 Å². The van der Waals surface area contributed by atoms with E-state index in [4.69, 9.17) is 16.7 Å². The summed E-state index contributed by atoms with van der Waals surface area (Å²) in [5.41, 5.74) is 0.234. The van der Waals surface area contributed by atoms with Gasteiger partial charge in [-0.1, -0.05) is 11.6 Å². The molecule has 0 heterocycles. The van der Waals surface area contributed by atoms with Crippen LogP contribution in [-0.4, -0.2) is 17.0 Å². The highest BCUT2D eigenvalue weighted by Gasteiger charge is 2.12. The van der Waals surface area contributed by atoms with Gasteiger partial charge in [0.25, 0.3) is 0 Å². The molecule has 0 aromatic heterocycles. The fraction of sp³-hybridized carbons (Fsp3) is 0.286. The van der Waals surface area contributed by atoms with E-state index in [1.807, 2.05) is 0 Å². The second-order valence-electron chi connectivity index (χ2n) is 3.82. The second kappa shape index (κ2) is 7.45. The maximum Gasteiger partial charge on any atom is 0.337 e. The fourth-order valence-corrected chi connectivity index (χ4v) is 1.65. The Morgan fingerprint density at radius 2 is 2.16 bits per heavy atom. The van der Waals surface area contributed by atoms with Crippen LogP contribution in [0.15, 0.2) is 18.2 Å². The molecule has 1 amide bonds. The number of amides is 1. The molecule has 4 nitrogen and oxygen atoms in total. The lowest BCUT2D eigenvalue weighted by atomic mass is 10.1. The molecule has 2 N–H and O–H groups in total. The van der Waals surface area contributed by atoms with E-state index in [9.17, 15) is 9.59 Å². The molecule has 0 unspecified atom stereocenters. The Balaban J connectivity index is 2.67. The van der Waals surface area contributed by atoms with Crippen molar-refractivity contribution in [1.29, 1.82) is 0 Å². The highest BCUT2D eigenvalue weighted by atomic mass is 35.5. The summed E-state index contributed by atoms with van der Waals surface area (Å²) >= 11 is 5.72. The summed E-state index contributed by atoms with van der Waals surface area (Å²) < 4.78 is 0. The van der Waals surface area contributed by atoms with E-state index in [0.717, 1.165) is 0 Å². The van der Waals surface area contributed by atoms with Gasteiger partial charge in [-0.05, 0) is 31.5 Å². The molecule has 100 valence electrons. The lowest BCUT2D eigenvalue weighted by Gasteiger charge is -2.08. The molecule has 0 atom stereocenters. The van der Waals surface area contributed by atoms with Crippen LogP contribution in [0.25, 0.3) is 0 Å². The number of nitrogens with one attached hydrogen (secondary N) is 1. The van der Waals surface area contributed by atoms with E-state index in [-0.39, 0.29) is 17.2 Å². The van der Waals surface area contributed by atoms with Crippen molar-refractivity contribution in [2.24, 2.45) is 0 Å². The minimum absolute atomic E-state index is 0.0193. The normalized spacial score (nSPS) is 9.37. The third-order valence-corrected chi connectivity index (χ3v) is 2.60. The first-order chi connectivity index (χ1) is 9.04. The van der Waals surface area contributed by atoms with Crippen LogP contribution in [0.3, 0.4) is 0 Å². The largest absolute Gasteiger partial charge is 0.478 e. The fourth-order valence-electron chi connectivity index (χ4n) is 1.48. The number of carbonyl (C=O) groups excluding carboxylic acids is 1. The van der Waals surface area contributed by atoms with Gasteiger partial charge in [0.2, 0.25) is 5.91 Å². The Kier molecular flexibility index (Phi) is 5.91. The Morgan fingerprint density at radius 1 is 1.42 bits per heavy atom. The molecule has 0 aliphatic heterocycles. The highest BCUT2D eigenvalue weighted by Crippen LogP contribution is 2.21. The molecule has 1 aromatic rings. The number of anilines is 1. The summed E-state index contributed by atoms with van der Waals surface area (Å²) in [7, 11) is 0. The average molecular weight is 280 g/mol. The zero-order valence-electron chi connectivity index (χ0n) is 10.5. The molecule has 0 aliphatic carbocycles. The van der Waals surface area contributed by atoms with Crippen molar-refractivity contribution in [2.75, 3.05) is 5.32 Å². The molecule has 0 bridgehead atoms. The molecule has 1 aromatic carbocycles. The number of benzene rings is 1. The predicted octanol–water partition coefficient (Wildman–Crippen LogP) is 3.17. The first-order valence-electron chi connectivity index (χ1n) is 5.77. The van der Waals surface area contributed by atoms with Crippen molar-refractivity contribution in [3.05, 3.63) is 28.8 Å². The van der Waals surface area contributed by atoms with Crippen molar-refractivity contribution in [2.45, 2.75) is 26.2 Å². The minimum atomic E-state index is -1.13. The molecule has 19 heavy (non-hydrogen) atoms. The first kappa shape index (κ1) is 15.1. The van der Waals surface area contributed by atoms with Crippen molar-refractivity contribution < 1.29 is 14.7 Å². The molecule has 0 saturated carbocycles. The molecular weight excluding hydrogens is 266 g/mol. The van der Waals surface area contributed by atoms with E-state index < -0.39 is 5.97 Å². The third kappa shape index (κ3) is 5.02. The molecule has 0 saturated heterocycles. The van der Waals surface area contributed by atoms with Crippen molar-refractivity contribution in [3.8, 4) is 11.8 Å². The number of rotatable bonds is 5. The summed E-state index contributed by atoms with van der Waals surface area (Å²) in [6.45, 7) is 1.74. The maximum absolute atomic E-state index is 11.7. The Morgan fingerprint density at radius 3 is 2.79 bits per heavy atom. The molecule has 0 aliphatic rings. The van der Waals surface area contributed by atoms with Crippen LogP contribution in [0.2, 0.25) is 5.02 Å². The summed E-state index contributed by atoms with van der Waals surface area (Å²) in [6.07, 6.45) is 1.59. The van der Waals surface area contributed by atoms with Gasteiger partial charge in [-0.2, -0.15) is 0 Å². The number of carboxylic acid groups (broad SMARTS) is 1. The lowest BCUT2D eigenvalue weighted by molar-refractivity contribution is -0.116.